The molecule has 1 aromatic heterocycles. The van der Waals surface area contributed by atoms with E-state index in [-0.39, 0.29) is 18.4 Å². The summed E-state index contributed by atoms with van der Waals surface area (Å²) >= 11 is 0. The van der Waals surface area contributed by atoms with E-state index in [0.717, 1.165) is 11.0 Å². The van der Waals surface area contributed by atoms with Crippen molar-refractivity contribution in [2.75, 3.05) is 26.2 Å². The summed E-state index contributed by atoms with van der Waals surface area (Å²) in [4.78, 5) is 53.2. The Kier molecular flexibility index (Phi) is 5.54. The number of aromatic nitrogens is 2. The Morgan fingerprint density at radius 1 is 0.963 bits per heavy atom. The zero-order chi connectivity index (χ0) is 19.4. The highest BCUT2D eigenvalue weighted by Gasteiger charge is 2.25. The van der Waals surface area contributed by atoms with Crippen molar-refractivity contribution in [3.05, 3.63) is 68.5 Å². The number of amides is 2. The fourth-order valence-electron chi connectivity index (χ4n) is 3.04. The van der Waals surface area contributed by atoms with Crippen molar-refractivity contribution >= 4 is 11.8 Å². The van der Waals surface area contributed by atoms with Crippen LogP contribution in [0.3, 0.4) is 0 Å². The van der Waals surface area contributed by atoms with Crippen LogP contribution in [0.15, 0.2) is 46.1 Å². The van der Waals surface area contributed by atoms with E-state index < -0.39 is 11.2 Å². The minimum absolute atomic E-state index is 0.0402. The molecule has 0 spiro atoms. The number of nitrogens with one attached hydrogen (secondary N) is 1. The van der Waals surface area contributed by atoms with Gasteiger partial charge < -0.3 is 9.80 Å². The van der Waals surface area contributed by atoms with E-state index in [4.69, 9.17) is 0 Å². The molecule has 1 aliphatic rings. The first kappa shape index (κ1) is 18.6. The molecule has 1 aliphatic heterocycles. The van der Waals surface area contributed by atoms with Crippen molar-refractivity contribution < 1.29 is 9.59 Å². The van der Waals surface area contributed by atoms with Crippen LogP contribution in [0.1, 0.15) is 22.8 Å². The fourth-order valence-corrected chi connectivity index (χ4v) is 3.04. The van der Waals surface area contributed by atoms with Gasteiger partial charge in [-0.15, -0.1) is 0 Å². The number of aryl methyl sites for hydroxylation is 1. The van der Waals surface area contributed by atoms with Gasteiger partial charge in [-0.2, -0.15) is 0 Å². The monoisotopic (exact) mass is 370 g/mol. The summed E-state index contributed by atoms with van der Waals surface area (Å²) in [5.41, 5.74) is 0.717. The van der Waals surface area contributed by atoms with E-state index >= 15 is 0 Å². The van der Waals surface area contributed by atoms with Crippen LogP contribution in [0.5, 0.6) is 0 Å². The Labute approximate surface area is 156 Å². The molecule has 0 radical (unpaired) electrons. The van der Waals surface area contributed by atoms with Gasteiger partial charge in [0.15, 0.2) is 0 Å². The summed E-state index contributed by atoms with van der Waals surface area (Å²) in [6, 6.07) is 8.78. The molecule has 27 heavy (non-hydrogen) atoms. The average molecular weight is 370 g/mol. The largest absolute Gasteiger partial charge is 0.338 e. The topological polar surface area (TPSA) is 95.5 Å². The van der Waals surface area contributed by atoms with Crippen molar-refractivity contribution in [2.24, 2.45) is 0 Å². The first-order valence-electron chi connectivity index (χ1n) is 8.93. The maximum atomic E-state index is 12.6. The maximum absolute atomic E-state index is 12.6. The van der Waals surface area contributed by atoms with Gasteiger partial charge in [0, 0.05) is 44.0 Å². The van der Waals surface area contributed by atoms with Crippen LogP contribution in [0, 0.1) is 0 Å². The van der Waals surface area contributed by atoms with Gasteiger partial charge in [0.2, 0.25) is 5.91 Å². The highest BCUT2D eigenvalue weighted by molar-refractivity contribution is 5.94. The van der Waals surface area contributed by atoms with Gasteiger partial charge in [-0.25, -0.2) is 4.79 Å². The molecule has 0 atom stereocenters. The minimum atomic E-state index is -0.611. The number of carbonyl (C=O) groups is 2. The van der Waals surface area contributed by atoms with Gasteiger partial charge in [-0.05, 0) is 24.1 Å². The molecule has 0 saturated carbocycles. The standard InChI is InChI=1S/C19H22N4O4/c1-2-14-3-5-15(6-4-14)18(26)22-11-9-21(10-12-22)17(25)13-23-8-7-16(24)20-19(23)27/h3-8H,2,9-13H2,1H3,(H,20,24,27). The van der Waals surface area contributed by atoms with Gasteiger partial charge in [0.1, 0.15) is 6.54 Å². The first-order chi connectivity index (χ1) is 13.0. The molecule has 1 N–H and O–H groups in total. The van der Waals surface area contributed by atoms with Crippen LogP contribution in [-0.2, 0) is 17.8 Å². The van der Waals surface area contributed by atoms with Gasteiger partial charge in [-0.3, -0.25) is 23.9 Å². The highest BCUT2D eigenvalue weighted by atomic mass is 16.2. The highest BCUT2D eigenvalue weighted by Crippen LogP contribution is 2.11. The summed E-state index contributed by atoms with van der Waals surface area (Å²) in [6.45, 7) is 3.64. The number of rotatable bonds is 4. The number of nitrogens with zero attached hydrogens (tertiary/aromatic N) is 3. The molecule has 8 nitrogen and oxygen atoms in total. The van der Waals surface area contributed by atoms with Crippen LogP contribution < -0.4 is 11.2 Å². The van der Waals surface area contributed by atoms with Crippen molar-refractivity contribution in [1.82, 2.24) is 19.4 Å². The predicted octanol–water partition coefficient (Wildman–Crippen LogP) is 0.0836. The molecular weight excluding hydrogens is 348 g/mol. The van der Waals surface area contributed by atoms with Crippen molar-refractivity contribution in [3.63, 3.8) is 0 Å². The SMILES string of the molecule is CCc1ccc(C(=O)N2CCN(C(=O)Cn3ccc(=O)[nH]c3=O)CC2)cc1. The van der Waals surface area contributed by atoms with Crippen LogP contribution >= 0.6 is 0 Å². The molecule has 1 fully saturated rings. The molecule has 1 aromatic carbocycles. The molecule has 2 aromatic rings. The minimum Gasteiger partial charge on any atom is -0.338 e. The molecule has 142 valence electrons. The Bertz CT molecular complexity index is 937. The summed E-state index contributed by atoms with van der Waals surface area (Å²) < 4.78 is 1.16. The number of carbonyl (C=O) groups excluding carboxylic acids is 2. The Hall–Kier alpha value is -3.16. The number of hydrogen-bond donors (Lipinski definition) is 1. The van der Waals surface area contributed by atoms with E-state index in [2.05, 4.69) is 11.9 Å². The normalized spacial score (nSPS) is 14.3. The van der Waals surface area contributed by atoms with Crippen molar-refractivity contribution in [3.8, 4) is 0 Å². The van der Waals surface area contributed by atoms with Crippen molar-refractivity contribution in [2.45, 2.75) is 19.9 Å². The lowest BCUT2D eigenvalue weighted by Gasteiger charge is -2.35. The molecular formula is C19H22N4O4. The summed E-state index contributed by atoms with van der Waals surface area (Å²) in [6.07, 6.45) is 2.23. The molecule has 3 rings (SSSR count). The van der Waals surface area contributed by atoms with E-state index in [1.165, 1.54) is 17.8 Å². The molecule has 0 unspecified atom stereocenters. The van der Waals surface area contributed by atoms with E-state index in [9.17, 15) is 19.2 Å². The third-order valence-corrected chi connectivity index (χ3v) is 4.73. The molecule has 0 aliphatic carbocycles. The van der Waals surface area contributed by atoms with Gasteiger partial charge in [0.25, 0.3) is 11.5 Å². The van der Waals surface area contributed by atoms with Crippen LogP contribution in [0.4, 0.5) is 0 Å². The third-order valence-electron chi connectivity index (χ3n) is 4.73. The lowest BCUT2D eigenvalue weighted by molar-refractivity contribution is -0.133. The summed E-state index contributed by atoms with van der Waals surface area (Å²) in [5, 5.41) is 0. The van der Waals surface area contributed by atoms with E-state index in [0.29, 0.717) is 31.7 Å². The predicted molar refractivity (Wildman–Crippen MR) is 99.6 cm³/mol. The second kappa shape index (κ2) is 8.03. The van der Waals surface area contributed by atoms with Crippen LogP contribution in [0.25, 0.3) is 0 Å². The first-order valence-corrected chi connectivity index (χ1v) is 8.93. The van der Waals surface area contributed by atoms with Crippen LogP contribution in [-0.4, -0.2) is 57.3 Å². The molecule has 2 heterocycles. The Morgan fingerprint density at radius 3 is 2.19 bits per heavy atom. The molecule has 2 amide bonds. The molecule has 8 heteroatoms. The van der Waals surface area contributed by atoms with E-state index in [1.807, 2.05) is 24.3 Å². The lowest BCUT2D eigenvalue weighted by atomic mass is 10.1. The van der Waals surface area contributed by atoms with Gasteiger partial charge in [-0.1, -0.05) is 19.1 Å². The number of hydrogen-bond acceptors (Lipinski definition) is 4. The third kappa shape index (κ3) is 4.33. The average Bonchev–Trinajstić information content (AvgIpc) is 2.69. The zero-order valence-electron chi connectivity index (χ0n) is 15.2. The summed E-state index contributed by atoms with van der Waals surface area (Å²) in [7, 11) is 0. The number of aromatic amines is 1. The van der Waals surface area contributed by atoms with Gasteiger partial charge in [0.05, 0.1) is 0 Å². The zero-order valence-corrected chi connectivity index (χ0v) is 15.2. The van der Waals surface area contributed by atoms with Crippen molar-refractivity contribution in [1.29, 1.82) is 0 Å². The number of piperazine rings is 1. The van der Waals surface area contributed by atoms with E-state index in [1.54, 1.807) is 9.80 Å². The maximum Gasteiger partial charge on any atom is 0.328 e. The Balaban J connectivity index is 1.57. The second-order valence-corrected chi connectivity index (χ2v) is 6.46. The number of benzene rings is 1. The van der Waals surface area contributed by atoms with Gasteiger partial charge >= 0.3 is 5.69 Å². The number of H-pyrrole nitrogens is 1. The fraction of sp³-hybridized carbons (Fsp3) is 0.368. The van der Waals surface area contributed by atoms with Crippen LogP contribution in [0.2, 0.25) is 0 Å². The molecule has 0 bridgehead atoms. The smallest absolute Gasteiger partial charge is 0.328 e. The molecule has 1 saturated heterocycles. The summed E-state index contributed by atoms with van der Waals surface area (Å²) in [5.74, 6) is -0.259. The quantitative estimate of drug-likeness (QED) is 0.825. The second-order valence-electron chi connectivity index (χ2n) is 6.46. The lowest BCUT2D eigenvalue weighted by Crippen LogP contribution is -2.51. The Morgan fingerprint density at radius 2 is 1.59 bits per heavy atom.